The fraction of sp³-hybridized carbons (Fsp3) is 0.250. The number of anilines is 1. The molecule has 0 aliphatic carbocycles. The Morgan fingerprint density at radius 2 is 1.72 bits per heavy atom. The number of rotatable bonds is 3. The molecule has 0 radical (unpaired) electrons. The monoisotopic (exact) mass is 241 g/mol. The summed E-state index contributed by atoms with van der Waals surface area (Å²) in [5.41, 5.74) is 10.2. The van der Waals surface area contributed by atoms with E-state index in [0.29, 0.717) is 5.92 Å². The molecule has 0 amide bonds. The fourth-order valence-corrected chi connectivity index (χ4v) is 2.04. The molecule has 0 aliphatic heterocycles. The van der Waals surface area contributed by atoms with E-state index in [1.165, 1.54) is 5.56 Å². The van der Waals surface area contributed by atoms with Crippen LogP contribution >= 0.6 is 0 Å². The van der Waals surface area contributed by atoms with Crippen LogP contribution in [0.15, 0.2) is 42.5 Å². The number of hydrogen-bond donors (Lipinski definition) is 1. The summed E-state index contributed by atoms with van der Waals surface area (Å²) < 4.78 is 5.43. The van der Waals surface area contributed by atoms with Gasteiger partial charge < -0.3 is 10.5 Å². The molecule has 2 heteroatoms. The van der Waals surface area contributed by atoms with Crippen LogP contribution in [0.25, 0.3) is 11.1 Å². The molecule has 0 bridgehead atoms. The average Bonchev–Trinajstić information content (AvgIpc) is 2.38. The summed E-state index contributed by atoms with van der Waals surface area (Å²) in [6, 6.07) is 14.2. The summed E-state index contributed by atoms with van der Waals surface area (Å²) in [6.07, 6.45) is 0. The SMILES string of the molecule is COc1ccc(C(C)C)cc1-c1ccccc1N. The maximum atomic E-state index is 6.05. The molecule has 2 rings (SSSR count). The minimum absolute atomic E-state index is 0.486. The van der Waals surface area contributed by atoms with Crippen molar-refractivity contribution in [2.45, 2.75) is 19.8 Å². The molecule has 2 nitrogen and oxygen atoms in total. The van der Waals surface area contributed by atoms with E-state index in [9.17, 15) is 0 Å². The molecule has 0 heterocycles. The summed E-state index contributed by atoms with van der Waals surface area (Å²) in [7, 11) is 1.69. The highest BCUT2D eigenvalue weighted by molar-refractivity contribution is 5.80. The van der Waals surface area contributed by atoms with Gasteiger partial charge in [-0.25, -0.2) is 0 Å². The van der Waals surface area contributed by atoms with Gasteiger partial charge in [0.2, 0.25) is 0 Å². The van der Waals surface area contributed by atoms with Crippen molar-refractivity contribution in [3.63, 3.8) is 0 Å². The van der Waals surface area contributed by atoms with Gasteiger partial charge >= 0.3 is 0 Å². The number of nitrogens with two attached hydrogens (primary N) is 1. The van der Waals surface area contributed by atoms with Crippen LogP contribution in [-0.2, 0) is 0 Å². The second-order valence-electron chi connectivity index (χ2n) is 4.70. The minimum atomic E-state index is 0.486. The maximum absolute atomic E-state index is 6.05. The topological polar surface area (TPSA) is 35.2 Å². The molecule has 0 unspecified atom stereocenters. The second-order valence-corrected chi connectivity index (χ2v) is 4.70. The van der Waals surface area contributed by atoms with Crippen LogP contribution in [0.4, 0.5) is 5.69 Å². The van der Waals surface area contributed by atoms with Crippen LogP contribution in [0.5, 0.6) is 5.75 Å². The molecule has 2 aromatic rings. The lowest BCUT2D eigenvalue weighted by atomic mass is 9.96. The predicted octanol–water partition coefficient (Wildman–Crippen LogP) is 4.07. The number of hydrogen-bond acceptors (Lipinski definition) is 2. The van der Waals surface area contributed by atoms with E-state index in [1.807, 2.05) is 30.3 Å². The molecule has 18 heavy (non-hydrogen) atoms. The van der Waals surface area contributed by atoms with Gasteiger partial charge in [0.1, 0.15) is 5.75 Å². The molecule has 0 spiro atoms. The standard InChI is InChI=1S/C16H19NO/c1-11(2)12-8-9-16(18-3)14(10-12)13-6-4-5-7-15(13)17/h4-11H,17H2,1-3H3. The first kappa shape index (κ1) is 12.5. The van der Waals surface area contributed by atoms with Crippen molar-refractivity contribution in [3.8, 4) is 16.9 Å². The number of para-hydroxylation sites is 1. The Morgan fingerprint density at radius 1 is 1.00 bits per heavy atom. The first-order valence-electron chi connectivity index (χ1n) is 6.16. The van der Waals surface area contributed by atoms with E-state index in [0.717, 1.165) is 22.6 Å². The highest BCUT2D eigenvalue weighted by atomic mass is 16.5. The summed E-state index contributed by atoms with van der Waals surface area (Å²) in [6.45, 7) is 4.36. The van der Waals surface area contributed by atoms with Gasteiger partial charge in [-0.05, 0) is 29.7 Å². The molecule has 2 aromatic carbocycles. The smallest absolute Gasteiger partial charge is 0.126 e. The van der Waals surface area contributed by atoms with Crippen molar-refractivity contribution < 1.29 is 4.74 Å². The van der Waals surface area contributed by atoms with Crippen molar-refractivity contribution in [1.82, 2.24) is 0 Å². The Bertz CT molecular complexity index is 547. The fourth-order valence-electron chi connectivity index (χ4n) is 2.04. The quantitative estimate of drug-likeness (QED) is 0.822. The summed E-state index contributed by atoms with van der Waals surface area (Å²) in [5, 5.41) is 0. The van der Waals surface area contributed by atoms with Gasteiger partial charge in [0.25, 0.3) is 0 Å². The Kier molecular flexibility index (Phi) is 3.56. The lowest BCUT2D eigenvalue weighted by molar-refractivity contribution is 0.416. The highest BCUT2D eigenvalue weighted by Crippen LogP contribution is 2.35. The van der Waals surface area contributed by atoms with Crippen molar-refractivity contribution in [2.75, 3.05) is 12.8 Å². The molecular formula is C16H19NO. The number of benzene rings is 2. The summed E-state index contributed by atoms with van der Waals surface area (Å²) in [5.74, 6) is 1.34. The molecular weight excluding hydrogens is 222 g/mol. The average molecular weight is 241 g/mol. The van der Waals surface area contributed by atoms with Gasteiger partial charge in [0.05, 0.1) is 7.11 Å². The molecule has 94 valence electrons. The zero-order valence-corrected chi connectivity index (χ0v) is 11.1. The van der Waals surface area contributed by atoms with Crippen molar-refractivity contribution in [1.29, 1.82) is 0 Å². The molecule has 0 fully saturated rings. The number of ether oxygens (including phenoxy) is 1. The van der Waals surface area contributed by atoms with Crippen molar-refractivity contribution >= 4 is 5.69 Å². The van der Waals surface area contributed by atoms with Gasteiger partial charge in [-0.3, -0.25) is 0 Å². The largest absolute Gasteiger partial charge is 0.496 e. The van der Waals surface area contributed by atoms with E-state index in [2.05, 4.69) is 26.0 Å². The first-order chi connectivity index (χ1) is 8.63. The highest BCUT2D eigenvalue weighted by Gasteiger charge is 2.10. The molecule has 0 atom stereocenters. The van der Waals surface area contributed by atoms with E-state index in [-0.39, 0.29) is 0 Å². The molecule has 0 aromatic heterocycles. The lowest BCUT2D eigenvalue weighted by Gasteiger charge is -2.14. The third-order valence-electron chi connectivity index (χ3n) is 3.14. The van der Waals surface area contributed by atoms with Gasteiger partial charge in [0, 0.05) is 16.8 Å². The van der Waals surface area contributed by atoms with Crippen molar-refractivity contribution in [2.24, 2.45) is 0 Å². The summed E-state index contributed by atoms with van der Waals surface area (Å²) >= 11 is 0. The zero-order valence-electron chi connectivity index (χ0n) is 11.1. The normalized spacial score (nSPS) is 10.7. The summed E-state index contributed by atoms with van der Waals surface area (Å²) in [4.78, 5) is 0. The van der Waals surface area contributed by atoms with Crippen LogP contribution in [0.3, 0.4) is 0 Å². The Morgan fingerprint density at radius 3 is 2.33 bits per heavy atom. The third-order valence-corrected chi connectivity index (χ3v) is 3.14. The van der Waals surface area contributed by atoms with Gasteiger partial charge in [0.15, 0.2) is 0 Å². The van der Waals surface area contributed by atoms with Crippen molar-refractivity contribution in [3.05, 3.63) is 48.0 Å². The molecule has 0 saturated heterocycles. The Balaban J connectivity index is 2.61. The van der Waals surface area contributed by atoms with Gasteiger partial charge in [-0.15, -0.1) is 0 Å². The molecule has 0 saturated carbocycles. The minimum Gasteiger partial charge on any atom is -0.496 e. The van der Waals surface area contributed by atoms with Crippen LogP contribution in [0.1, 0.15) is 25.3 Å². The van der Waals surface area contributed by atoms with Gasteiger partial charge in [-0.2, -0.15) is 0 Å². The third kappa shape index (κ3) is 2.33. The number of nitrogen functional groups attached to an aromatic ring is 1. The second kappa shape index (κ2) is 5.13. The van der Waals surface area contributed by atoms with E-state index in [4.69, 9.17) is 10.5 Å². The Hall–Kier alpha value is -1.96. The van der Waals surface area contributed by atoms with E-state index < -0.39 is 0 Å². The zero-order chi connectivity index (χ0) is 13.1. The van der Waals surface area contributed by atoms with Crippen LogP contribution in [0.2, 0.25) is 0 Å². The predicted molar refractivity (Wildman–Crippen MR) is 76.9 cm³/mol. The first-order valence-corrected chi connectivity index (χ1v) is 6.16. The molecule has 0 aliphatic rings. The molecule has 2 N–H and O–H groups in total. The maximum Gasteiger partial charge on any atom is 0.126 e. The number of methoxy groups -OCH3 is 1. The lowest BCUT2D eigenvalue weighted by Crippen LogP contribution is -1.95. The van der Waals surface area contributed by atoms with E-state index in [1.54, 1.807) is 7.11 Å². The van der Waals surface area contributed by atoms with E-state index >= 15 is 0 Å². The van der Waals surface area contributed by atoms with Crippen LogP contribution < -0.4 is 10.5 Å². The van der Waals surface area contributed by atoms with Crippen LogP contribution in [-0.4, -0.2) is 7.11 Å². The Labute approximate surface area is 108 Å². The van der Waals surface area contributed by atoms with Gasteiger partial charge in [-0.1, -0.05) is 38.1 Å². The van der Waals surface area contributed by atoms with Crippen LogP contribution in [0, 0.1) is 0 Å².